The molecular weight excluding hydrogens is 354 g/mol. The number of benzene rings is 1. The molecule has 2 amide bonds. The number of aryl methyl sites for hydroxylation is 1. The van der Waals surface area contributed by atoms with Crippen molar-refractivity contribution in [3.63, 3.8) is 0 Å². The third-order valence-electron chi connectivity index (χ3n) is 5.31. The highest BCUT2D eigenvalue weighted by atomic mass is 35.5. The van der Waals surface area contributed by atoms with Crippen molar-refractivity contribution in [2.45, 2.75) is 20.3 Å². The number of hydrogen-bond donors (Lipinski definition) is 1. The summed E-state index contributed by atoms with van der Waals surface area (Å²) >= 11 is 6.10. The second-order valence-electron chi connectivity index (χ2n) is 7.00. The highest BCUT2D eigenvalue weighted by molar-refractivity contribution is 6.31. The Morgan fingerprint density at radius 1 is 1.23 bits per heavy atom. The van der Waals surface area contributed by atoms with Crippen molar-refractivity contribution in [2.24, 2.45) is 11.8 Å². The van der Waals surface area contributed by atoms with Gasteiger partial charge in [0.1, 0.15) is 5.75 Å². The molecule has 1 aliphatic heterocycles. The predicted molar refractivity (Wildman–Crippen MR) is 102 cm³/mol. The number of carbonyl (C=O) groups is 2. The number of nitrogens with one attached hydrogen (secondary N) is 1. The molecule has 0 aromatic heterocycles. The molecule has 2 fully saturated rings. The van der Waals surface area contributed by atoms with Gasteiger partial charge in [-0.2, -0.15) is 0 Å². The molecule has 3 rings (SSSR count). The van der Waals surface area contributed by atoms with Crippen LogP contribution in [0.4, 0.5) is 5.69 Å². The zero-order valence-electron chi connectivity index (χ0n) is 15.5. The molecule has 1 saturated carbocycles. The zero-order chi connectivity index (χ0) is 18.8. The van der Waals surface area contributed by atoms with Gasteiger partial charge >= 0.3 is 0 Å². The summed E-state index contributed by atoms with van der Waals surface area (Å²) in [5, 5.41) is 3.48. The molecule has 0 bridgehead atoms. The van der Waals surface area contributed by atoms with Crippen molar-refractivity contribution in [3.8, 4) is 5.75 Å². The number of halogens is 1. The third-order valence-corrected chi connectivity index (χ3v) is 5.72. The molecule has 1 saturated heterocycles. The highest BCUT2D eigenvalue weighted by Crippen LogP contribution is 2.42. The van der Waals surface area contributed by atoms with Crippen molar-refractivity contribution in [1.29, 1.82) is 0 Å². The van der Waals surface area contributed by atoms with Gasteiger partial charge in [-0.15, -0.1) is 0 Å². The fraction of sp³-hybridized carbons (Fsp3) is 0.579. The lowest BCUT2D eigenvalue weighted by Crippen LogP contribution is -2.49. The van der Waals surface area contributed by atoms with E-state index in [-0.39, 0.29) is 23.7 Å². The monoisotopic (exact) mass is 379 g/mol. The van der Waals surface area contributed by atoms with E-state index in [1.54, 1.807) is 12.1 Å². The van der Waals surface area contributed by atoms with Crippen LogP contribution < -0.4 is 10.1 Å². The van der Waals surface area contributed by atoms with E-state index in [0.29, 0.717) is 22.9 Å². The number of nitrogens with zero attached hydrogens (tertiary/aromatic N) is 2. The topological polar surface area (TPSA) is 61.9 Å². The number of likely N-dealkylation sites (N-methyl/N-ethyl adjacent to an activating group) is 1. The van der Waals surface area contributed by atoms with E-state index in [2.05, 4.69) is 17.1 Å². The summed E-state index contributed by atoms with van der Waals surface area (Å²) in [6.07, 6.45) is 0.619. The maximum Gasteiger partial charge on any atom is 0.228 e. The fourth-order valence-electron chi connectivity index (χ4n) is 3.43. The molecule has 2 atom stereocenters. The van der Waals surface area contributed by atoms with Crippen molar-refractivity contribution >= 4 is 29.1 Å². The van der Waals surface area contributed by atoms with Crippen LogP contribution in [-0.4, -0.2) is 61.4 Å². The molecule has 142 valence electrons. The summed E-state index contributed by atoms with van der Waals surface area (Å²) in [6.45, 7) is 8.34. The Bertz CT molecular complexity index is 702. The van der Waals surface area contributed by atoms with Crippen LogP contribution in [0.3, 0.4) is 0 Å². The predicted octanol–water partition coefficient (Wildman–Crippen LogP) is 2.40. The van der Waals surface area contributed by atoms with Gasteiger partial charge in [-0.3, -0.25) is 9.59 Å². The Balaban J connectivity index is 1.58. The van der Waals surface area contributed by atoms with Gasteiger partial charge in [0.25, 0.3) is 0 Å². The number of carbonyl (C=O) groups excluding carboxylic acids is 2. The molecule has 2 unspecified atom stereocenters. The molecule has 2 aliphatic rings. The Kier molecular flexibility index (Phi) is 5.73. The van der Waals surface area contributed by atoms with Crippen LogP contribution in [0.2, 0.25) is 5.02 Å². The fourth-order valence-corrected chi connectivity index (χ4v) is 3.59. The van der Waals surface area contributed by atoms with Gasteiger partial charge in [0.05, 0.1) is 24.6 Å². The van der Waals surface area contributed by atoms with E-state index in [0.717, 1.165) is 38.3 Å². The van der Waals surface area contributed by atoms with Gasteiger partial charge in [-0.1, -0.05) is 18.5 Å². The minimum absolute atomic E-state index is 0.111. The SMILES string of the molecule is CCN1CCN(C(=O)C2CC2C(=O)Nc2cc(C)c(Cl)cc2OC)CC1. The van der Waals surface area contributed by atoms with Crippen LogP contribution in [0.25, 0.3) is 0 Å². The minimum Gasteiger partial charge on any atom is -0.495 e. The van der Waals surface area contributed by atoms with Crippen molar-refractivity contribution < 1.29 is 14.3 Å². The number of piperazine rings is 1. The first-order valence-electron chi connectivity index (χ1n) is 9.10. The average molecular weight is 380 g/mol. The summed E-state index contributed by atoms with van der Waals surface area (Å²) in [5.41, 5.74) is 1.45. The lowest BCUT2D eigenvalue weighted by atomic mass is 10.2. The number of methoxy groups -OCH3 is 1. The standard InChI is InChI=1S/C19H26ClN3O3/c1-4-22-5-7-23(8-6-22)19(25)14-10-13(14)18(24)21-16-9-12(2)15(20)11-17(16)26-3/h9,11,13-14H,4-8,10H2,1-3H3,(H,21,24). The first kappa shape index (κ1) is 19.0. The molecule has 1 aromatic carbocycles. The van der Waals surface area contributed by atoms with E-state index in [9.17, 15) is 9.59 Å². The first-order valence-corrected chi connectivity index (χ1v) is 9.48. The van der Waals surface area contributed by atoms with E-state index in [1.165, 1.54) is 7.11 Å². The Morgan fingerprint density at radius 2 is 1.92 bits per heavy atom. The number of hydrogen-bond acceptors (Lipinski definition) is 4. The van der Waals surface area contributed by atoms with Crippen LogP contribution in [-0.2, 0) is 9.59 Å². The van der Waals surface area contributed by atoms with Crippen molar-refractivity contribution in [3.05, 3.63) is 22.7 Å². The molecule has 6 nitrogen and oxygen atoms in total. The molecule has 1 N–H and O–H groups in total. The second-order valence-corrected chi connectivity index (χ2v) is 7.41. The lowest BCUT2D eigenvalue weighted by molar-refractivity contribution is -0.135. The quantitative estimate of drug-likeness (QED) is 0.853. The van der Waals surface area contributed by atoms with Crippen LogP contribution in [0, 0.1) is 18.8 Å². The maximum absolute atomic E-state index is 12.6. The summed E-state index contributed by atoms with van der Waals surface area (Å²) in [6, 6.07) is 3.48. The van der Waals surface area contributed by atoms with Crippen molar-refractivity contribution in [1.82, 2.24) is 9.80 Å². The normalized spacial score (nSPS) is 22.8. The smallest absolute Gasteiger partial charge is 0.228 e. The van der Waals surface area contributed by atoms with Gasteiger partial charge in [0.15, 0.2) is 0 Å². The molecular formula is C19H26ClN3O3. The summed E-state index contributed by atoms with van der Waals surface area (Å²) in [5.74, 6) is 0.0545. The Labute approximate surface area is 159 Å². The van der Waals surface area contributed by atoms with Gasteiger partial charge in [-0.25, -0.2) is 0 Å². The van der Waals surface area contributed by atoms with Gasteiger partial charge in [0.2, 0.25) is 11.8 Å². The van der Waals surface area contributed by atoms with Crippen LogP contribution >= 0.6 is 11.6 Å². The highest BCUT2D eigenvalue weighted by Gasteiger charge is 2.49. The number of anilines is 1. The van der Waals surface area contributed by atoms with Gasteiger partial charge < -0.3 is 19.9 Å². The second kappa shape index (κ2) is 7.84. The average Bonchev–Trinajstić information content (AvgIpc) is 3.45. The molecule has 1 aromatic rings. The van der Waals surface area contributed by atoms with E-state index >= 15 is 0 Å². The molecule has 0 radical (unpaired) electrons. The van der Waals surface area contributed by atoms with Gasteiger partial charge in [-0.05, 0) is 31.5 Å². The van der Waals surface area contributed by atoms with E-state index in [4.69, 9.17) is 16.3 Å². The number of rotatable bonds is 5. The van der Waals surface area contributed by atoms with Crippen LogP contribution in [0.1, 0.15) is 18.9 Å². The molecule has 0 spiro atoms. The summed E-state index contributed by atoms with van der Waals surface area (Å²) in [4.78, 5) is 29.4. The van der Waals surface area contributed by atoms with Gasteiger partial charge in [0, 0.05) is 37.3 Å². The van der Waals surface area contributed by atoms with Crippen molar-refractivity contribution in [2.75, 3.05) is 45.2 Å². The molecule has 1 heterocycles. The molecule has 1 aliphatic carbocycles. The minimum atomic E-state index is -0.257. The largest absolute Gasteiger partial charge is 0.495 e. The number of ether oxygens (including phenoxy) is 1. The Morgan fingerprint density at radius 3 is 2.54 bits per heavy atom. The number of amides is 2. The Hall–Kier alpha value is -1.79. The summed E-state index contributed by atoms with van der Waals surface area (Å²) in [7, 11) is 1.54. The third kappa shape index (κ3) is 3.96. The maximum atomic E-state index is 12.6. The lowest BCUT2D eigenvalue weighted by Gasteiger charge is -2.34. The van der Waals surface area contributed by atoms with Crippen LogP contribution in [0.5, 0.6) is 5.75 Å². The molecule has 7 heteroatoms. The van der Waals surface area contributed by atoms with E-state index < -0.39 is 0 Å². The summed E-state index contributed by atoms with van der Waals surface area (Å²) < 4.78 is 5.29. The van der Waals surface area contributed by atoms with E-state index in [1.807, 2.05) is 11.8 Å². The van der Waals surface area contributed by atoms with Crippen LogP contribution in [0.15, 0.2) is 12.1 Å². The first-order chi connectivity index (χ1) is 12.4. The zero-order valence-corrected chi connectivity index (χ0v) is 16.3. The molecule has 26 heavy (non-hydrogen) atoms.